The topological polar surface area (TPSA) is 90.0 Å². The van der Waals surface area contributed by atoms with Crippen molar-refractivity contribution in [3.63, 3.8) is 0 Å². The van der Waals surface area contributed by atoms with Gasteiger partial charge >= 0.3 is 0 Å². The Morgan fingerprint density at radius 3 is 3.03 bits per heavy atom. The lowest BCUT2D eigenvalue weighted by atomic mass is 10.0. The summed E-state index contributed by atoms with van der Waals surface area (Å²) in [7, 11) is 0. The van der Waals surface area contributed by atoms with Gasteiger partial charge in [0.15, 0.2) is 5.65 Å². The second-order valence-corrected chi connectivity index (χ2v) is 9.85. The molecule has 4 aromatic rings. The highest BCUT2D eigenvalue weighted by molar-refractivity contribution is 9.10. The highest BCUT2D eigenvalue weighted by Crippen LogP contribution is 2.34. The van der Waals surface area contributed by atoms with E-state index in [-0.39, 0.29) is 11.8 Å². The molecule has 0 saturated heterocycles. The largest absolute Gasteiger partial charge is 0.356 e. The number of aromatic nitrogens is 5. The van der Waals surface area contributed by atoms with Crippen LogP contribution in [0.5, 0.6) is 0 Å². The first-order valence-electron chi connectivity index (χ1n) is 12.0. The average molecular weight is 532 g/mol. The van der Waals surface area contributed by atoms with Gasteiger partial charge in [-0.1, -0.05) is 19.4 Å². The van der Waals surface area contributed by atoms with E-state index in [0.29, 0.717) is 27.4 Å². The number of carbonyl (C=O) groups is 1. The number of nitrogens with one attached hydrogen (secondary N) is 1. The number of amides is 1. The Kier molecular flexibility index (Phi) is 6.73. The van der Waals surface area contributed by atoms with Crippen LogP contribution in [0.15, 0.2) is 41.3 Å². The molecule has 0 radical (unpaired) electrons. The van der Waals surface area contributed by atoms with Crippen LogP contribution >= 0.6 is 15.9 Å². The van der Waals surface area contributed by atoms with Gasteiger partial charge in [0.05, 0.1) is 23.2 Å². The van der Waals surface area contributed by atoms with E-state index in [0.717, 1.165) is 67.4 Å². The Balaban J connectivity index is 1.40. The molecular weight excluding hydrogens is 506 g/mol. The van der Waals surface area contributed by atoms with Gasteiger partial charge in [0.1, 0.15) is 10.4 Å². The number of fused-ring (bicyclic) bond motifs is 2. The number of hydrogen-bond acceptors (Lipinski definition) is 5. The molecule has 1 fully saturated rings. The first-order chi connectivity index (χ1) is 17.1. The molecule has 35 heavy (non-hydrogen) atoms. The Labute approximate surface area is 212 Å². The van der Waals surface area contributed by atoms with E-state index in [4.69, 9.17) is 11.6 Å². The number of nitrogens with zero attached hydrogens (tertiary/aromatic N) is 6. The number of unbranched alkanes of at least 4 members (excludes halogenated alkanes) is 1. The molecule has 9 heteroatoms. The van der Waals surface area contributed by atoms with Crippen molar-refractivity contribution in [3.8, 4) is 5.69 Å². The van der Waals surface area contributed by atoms with Crippen LogP contribution in [0.2, 0.25) is 0 Å². The molecule has 2 atom stereocenters. The molecule has 0 unspecified atom stereocenters. The minimum absolute atomic E-state index is 0.0820. The molecule has 1 aliphatic carbocycles. The molecule has 0 aliphatic heterocycles. The summed E-state index contributed by atoms with van der Waals surface area (Å²) in [6, 6.07) is 7.56. The van der Waals surface area contributed by atoms with Crippen molar-refractivity contribution < 1.29 is 4.79 Å². The lowest BCUT2D eigenvalue weighted by molar-refractivity contribution is -0.124. The Morgan fingerprint density at radius 1 is 1.31 bits per heavy atom. The number of rotatable bonds is 7. The van der Waals surface area contributed by atoms with Crippen LogP contribution < -0.4 is 5.32 Å². The fourth-order valence-corrected chi connectivity index (χ4v) is 5.28. The SMILES string of the molecule is [C-]#[N+]c1cc(-n2nc(Br)c3cnc(C[C@@H]4CC[C@@H](C(=O)NCCCC)C4)nc32)cc2cccnc12. The van der Waals surface area contributed by atoms with Gasteiger partial charge in [0, 0.05) is 31.3 Å². The predicted octanol–water partition coefficient (Wildman–Crippen LogP) is 5.55. The zero-order chi connectivity index (χ0) is 24.4. The van der Waals surface area contributed by atoms with Crippen molar-refractivity contribution in [3.05, 3.63) is 58.5 Å². The number of hydrogen-bond donors (Lipinski definition) is 1. The van der Waals surface area contributed by atoms with Crippen molar-refractivity contribution in [2.45, 2.75) is 45.4 Å². The van der Waals surface area contributed by atoms with E-state index in [2.05, 4.69) is 48.1 Å². The third kappa shape index (κ3) is 4.76. The van der Waals surface area contributed by atoms with Gasteiger partial charge in [0.2, 0.25) is 11.6 Å². The molecule has 3 heterocycles. The summed E-state index contributed by atoms with van der Waals surface area (Å²) in [5.41, 5.74) is 2.59. The van der Waals surface area contributed by atoms with Gasteiger partial charge in [-0.3, -0.25) is 9.78 Å². The maximum absolute atomic E-state index is 12.5. The first kappa shape index (κ1) is 23.4. The summed E-state index contributed by atoms with van der Waals surface area (Å²) in [5.74, 6) is 1.39. The van der Waals surface area contributed by atoms with Gasteiger partial charge in [-0.15, -0.1) is 0 Å². The summed E-state index contributed by atoms with van der Waals surface area (Å²) in [4.78, 5) is 30.0. The summed E-state index contributed by atoms with van der Waals surface area (Å²) in [5, 5.41) is 9.40. The fourth-order valence-electron chi connectivity index (χ4n) is 4.84. The van der Waals surface area contributed by atoms with E-state index >= 15 is 0 Å². The second-order valence-electron chi connectivity index (χ2n) is 9.10. The third-order valence-electron chi connectivity index (χ3n) is 6.68. The maximum Gasteiger partial charge on any atom is 0.223 e. The zero-order valence-electron chi connectivity index (χ0n) is 19.5. The van der Waals surface area contributed by atoms with E-state index < -0.39 is 0 Å². The van der Waals surface area contributed by atoms with Crippen molar-refractivity contribution >= 4 is 49.5 Å². The third-order valence-corrected chi connectivity index (χ3v) is 7.26. The first-order valence-corrected chi connectivity index (χ1v) is 12.8. The van der Waals surface area contributed by atoms with Gasteiger partial charge in [-0.2, -0.15) is 5.10 Å². The zero-order valence-corrected chi connectivity index (χ0v) is 21.1. The molecule has 1 amide bonds. The van der Waals surface area contributed by atoms with Crippen molar-refractivity contribution in [1.82, 2.24) is 30.0 Å². The monoisotopic (exact) mass is 531 g/mol. The normalized spacial score (nSPS) is 17.6. The molecule has 3 aromatic heterocycles. The van der Waals surface area contributed by atoms with Gasteiger partial charge in [-0.25, -0.2) is 19.5 Å². The highest BCUT2D eigenvalue weighted by Gasteiger charge is 2.30. The molecule has 0 spiro atoms. The molecule has 1 aromatic carbocycles. The molecule has 5 rings (SSSR count). The van der Waals surface area contributed by atoms with Crippen LogP contribution in [-0.4, -0.2) is 37.2 Å². The molecule has 178 valence electrons. The standard InChI is InChI=1S/C26H26BrN7O/c1-3-4-9-30-26(35)18-8-7-16(11-18)12-22-31-15-20-24(27)33-34(25(20)32-22)19-13-17-6-5-10-29-23(17)21(14-19)28-2/h5-6,10,13-16,18H,3-4,7-9,11-12H2,1H3,(H,30,35)/t16-,18-/m1/s1. The average Bonchev–Trinajstić information content (AvgIpc) is 3.48. The fraction of sp³-hybridized carbons (Fsp3) is 0.385. The summed E-state index contributed by atoms with van der Waals surface area (Å²) >= 11 is 3.53. The Bertz CT molecular complexity index is 1440. The molecular formula is C26H26BrN7O. The Morgan fingerprint density at radius 2 is 2.20 bits per heavy atom. The van der Waals surface area contributed by atoms with Crippen LogP contribution in [0.3, 0.4) is 0 Å². The van der Waals surface area contributed by atoms with E-state index in [1.54, 1.807) is 23.1 Å². The second kappa shape index (κ2) is 10.1. The van der Waals surface area contributed by atoms with Gasteiger partial charge in [0.25, 0.3) is 0 Å². The molecule has 1 aliphatic rings. The molecule has 1 saturated carbocycles. The number of halogens is 1. The van der Waals surface area contributed by atoms with Crippen molar-refractivity contribution in [2.75, 3.05) is 6.54 Å². The van der Waals surface area contributed by atoms with E-state index in [1.165, 1.54) is 0 Å². The van der Waals surface area contributed by atoms with Crippen LogP contribution in [0.25, 0.3) is 32.5 Å². The van der Waals surface area contributed by atoms with E-state index in [1.807, 2.05) is 18.2 Å². The predicted molar refractivity (Wildman–Crippen MR) is 138 cm³/mol. The molecule has 8 nitrogen and oxygen atoms in total. The smallest absolute Gasteiger partial charge is 0.223 e. The summed E-state index contributed by atoms with van der Waals surface area (Å²) < 4.78 is 2.41. The summed E-state index contributed by atoms with van der Waals surface area (Å²) in [6.45, 7) is 10.5. The van der Waals surface area contributed by atoms with Crippen LogP contribution in [0.1, 0.15) is 44.9 Å². The minimum Gasteiger partial charge on any atom is -0.356 e. The maximum atomic E-state index is 12.5. The molecule has 0 bridgehead atoms. The minimum atomic E-state index is 0.0820. The summed E-state index contributed by atoms with van der Waals surface area (Å²) in [6.07, 6.45) is 9.10. The highest BCUT2D eigenvalue weighted by atomic mass is 79.9. The van der Waals surface area contributed by atoms with Crippen molar-refractivity contribution in [2.24, 2.45) is 11.8 Å². The lowest BCUT2D eigenvalue weighted by Crippen LogP contribution is -2.30. The quantitative estimate of drug-likeness (QED) is 0.249. The van der Waals surface area contributed by atoms with Crippen molar-refractivity contribution in [1.29, 1.82) is 0 Å². The number of pyridine rings is 1. The van der Waals surface area contributed by atoms with Crippen LogP contribution in [0, 0.1) is 18.4 Å². The van der Waals surface area contributed by atoms with E-state index in [9.17, 15) is 4.79 Å². The van der Waals surface area contributed by atoms with Crippen LogP contribution in [0.4, 0.5) is 5.69 Å². The molecule has 1 N–H and O–H groups in total. The number of benzene rings is 1. The van der Waals surface area contributed by atoms with Crippen LogP contribution in [-0.2, 0) is 11.2 Å². The van der Waals surface area contributed by atoms with Gasteiger partial charge < -0.3 is 5.32 Å². The Hall–Kier alpha value is -3.38. The lowest BCUT2D eigenvalue weighted by Gasteiger charge is -2.12. The number of carbonyl (C=O) groups excluding carboxylic acids is 1. The van der Waals surface area contributed by atoms with Gasteiger partial charge in [-0.05, 0) is 71.1 Å².